The molecule has 0 unspecified atom stereocenters. The lowest BCUT2D eigenvalue weighted by molar-refractivity contribution is -0.0717. The molecule has 0 bridgehead atoms. The maximum atomic E-state index is 13.2. The number of aliphatic hydroxyl groups is 1. The van der Waals surface area contributed by atoms with Crippen LogP contribution in [0.25, 0.3) is 0 Å². The van der Waals surface area contributed by atoms with Gasteiger partial charge in [0.15, 0.2) is 0 Å². The number of nitriles is 1. The van der Waals surface area contributed by atoms with Crippen LogP contribution in [-0.2, 0) is 0 Å². The first-order valence-corrected chi connectivity index (χ1v) is 5.30. The predicted molar refractivity (Wildman–Crippen MR) is 66.7 cm³/mol. The first-order valence-electron chi connectivity index (χ1n) is 4.51. The molecule has 0 aromatic heterocycles. The topological polar surface area (TPSA) is 90.3 Å². The van der Waals surface area contributed by atoms with Gasteiger partial charge >= 0.3 is 0 Å². The third-order valence-corrected chi connectivity index (χ3v) is 2.95. The van der Waals surface area contributed by atoms with Gasteiger partial charge in [-0.1, -0.05) is 15.9 Å². The van der Waals surface area contributed by atoms with Crippen LogP contribution in [0.4, 0.5) is 8.78 Å². The zero-order valence-corrected chi connectivity index (χ0v) is 11.3. The normalized spacial score (nSPS) is 12.4. The summed E-state index contributed by atoms with van der Waals surface area (Å²) < 4.78 is 26.6. The predicted octanol–water partition coefficient (Wildman–Crippen LogP) is 2.08. The van der Waals surface area contributed by atoms with E-state index in [1.54, 1.807) is 6.07 Å². The Hall–Kier alpha value is -0.940. The van der Waals surface area contributed by atoms with Gasteiger partial charge in [-0.2, -0.15) is 5.26 Å². The number of aliphatic hydroxyl groups excluding tert-OH is 1. The molecule has 4 N–H and O–H groups in total. The van der Waals surface area contributed by atoms with Crippen molar-refractivity contribution in [1.82, 2.24) is 0 Å². The quantitative estimate of drug-likeness (QED) is 0.784. The van der Waals surface area contributed by atoms with Crippen LogP contribution in [-0.4, -0.2) is 22.7 Å². The van der Waals surface area contributed by atoms with E-state index >= 15 is 0 Å². The van der Waals surface area contributed by atoms with Gasteiger partial charge in [-0.15, -0.1) is 12.4 Å². The van der Waals surface area contributed by atoms with Crippen molar-refractivity contribution in [2.75, 3.05) is 6.61 Å². The molecule has 18 heavy (non-hydrogen) atoms. The molecular weight excluding hydrogens is 333 g/mol. The first-order chi connectivity index (χ1) is 7.85. The van der Waals surface area contributed by atoms with Crippen molar-refractivity contribution in [3.63, 3.8) is 0 Å². The van der Waals surface area contributed by atoms with Crippen LogP contribution < -0.4 is 5.73 Å². The smallest absolute Gasteiger partial charge is 0.289 e. The number of phenols is 1. The Balaban J connectivity index is 0.00000289. The minimum atomic E-state index is -3.59. The van der Waals surface area contributed by atoms with Gasteiger partial charge in [0.1, 0.15) is 24.5 Å². The van der Waals surface area contributed by atoms with Gasteiger partial charge in [-0.05, 0) is 12.1 Å². The van der Waals surface area contributed by atoms with E-state index in [-0.39, 0.29) is 28.0 Å². The summed E-state index contributed by atoms with van der Waals surface area (Å²) in [7, 11) is 0. The zero-order chi connectivity index (χ0) is 13.2. The van der Waals surface area contributed by atoms with Gasteiger partial charge in [0, 0.05) is 10.0 Å². The Bertz CT molecular complexity index is 480. The number of halogens is 4. The van der Waals surface area contributed by atoms with Gasteiger partial charge in [-0.3, -0.25) is 0 Å². The number of hydrogen-bond acceptors (Lipinski definition) is 4. The van der Waals surface area contributed by atoms with Crippen molar-refractivity contribution in [3.05, 3.63) is 27.7 Å². The molecule has 8 heteroatoms. The van der Waals surface area contributed by atoms with Crippen molar-refractivity contribution < 1.29 is 19.0 Å². The summed E-state index contributed by atoms with van der Waals surface area (Å²) in [5.41, 5.74) is 4.84. The summed E-state index contributed by atoms with van der Waals surface area (Å²) in [6, 6.07) is 2.35. The van der Waals surface area contributed by atoms with Crippen molar-refractivity contribution >= 4 is 28.3 Å². The van der Waals surface area contributed by atoms with Crippen LogP contribution in [0, 0.1) is 11.3 Å². The second kappa shape index (κ2) is 6.29. The fourth-order valence-corrected chi connectivity index (χ4v) is 1.85. The Kier molecular flexibility index (Phi) is 5.96. The average Bonchev–Trinajstić information content (AvgIpc) is 2.29. The van der Waals surface area contributed by atoms with Crippen LogP contribution in [0.1, 0.15) is 17.2 Å². The van der Waals surface area contributed by atoms with Crippen LogP contribution in [0.3, 0.4) is 0 Å². The number of nitrogens with two attached hydrogens (primary N) is 1. The van der Waals surface area contributed by atoms with Crippen molar-refractivity contribution in [2.45, 2.75) is 12.0 Å². The molecule has 1 atom stereocenters. The van der Waals surface area contributed by atoms with Gasteiger partial charge < -0.3 is 15.9 Å². The lowest BCUT2D eigenvalue weighted by Gasteiger charge is -2.23. The molecule has 1 aromatic carbocycles. The fraction of sp³-hybridized carbons (Fsp3) is 0.300. The van der Waals surface area contributed by atoms with Gasteiger partial charge in [0.25, 0.3) is 5.92 Å². The maximum Gasteiger partial charge on any atom is 0.289 e. The second-order valence-electron chi connectivity index (χ2n) is 3.37. The largest absolute Gasteiger partial charge is 0.506 e. The van der Waals surface area contributed by atoms with E-state index in [0.29, 0.717) is 0 Å². The second-order valence-corrected chi connectivity index (χ2v) is 4.22. The molecule has 0 fully saturated rings. The first kappa shape index (κ1) is 17.1. The molecule has 0 radical (unpaired) electrons. The summed E-state index contributed by atoms with van der Waals surface area (Å²) in [6.45, 7) is -1.45. The van der Waals surface area contributed by atoms with E-state index in [2.05, 4.69) is 15.9 Å². The van der Waals surface area contributed by atoms with E-state index < -0.39 is 24.3 Å². The number of phenolic OH excluding ortho intramolecular Hbond substituents is 1. The summed E-state index contributed by atoms with van der Waals surface area (Å²) in [6.07, 6.45) is 0. The number of aromatic hydroxyl groups is 1. The minimum Gasteiger partial charge on any atom is -0.506 e. The van der Waals surface area contributed by atoms with Crippen molar-refractivity contribution in [2.24, 2.45) is 5.73 Å². The van der Waals surface area contributed by atoms with E-state index in [1.807, 2.05) is 0 Å². The number of benzene rings is 1. The molecule has 0 heterocycles. The van der Waals surface area contributed by atoms with Gasteiger partial charge in [0.05, 0.1) is 5.56 Å². The molecule has 0 aliphatic heterocycles. The Morgan fingerprint density at radius 1 is 1.50 bits per heavy atom. The Labute approximate surface area is 117 Å². The molecule has 0 saturated heterocycles. The molecular formula is C10H10BrClF2N2O2. The third-order valence-electron chi connectivity index (χ3n) is 2.26. The molecule has 0 aliphatic rings. The SMILES string of the molecule is Cl.N#Cc1ccc(Br)c([C@@H](N)C(F)(F)CO)c1O. The fourth-order valence-electron chi connectivity index (χ4n) is 1.28. The lowest BCUT2D eigenvalue weighted by Crippen LogP contribution is -2.36. The highest BCUT2D eigenvalue weighted by molar-refractivity contribution is 9.10. The lowest BCUT2D eigenvalue weighted by atomic mass is 9.98. The maximum absolute atomic E-state index is 13.2. The van der Waals surface area contributed by atoms with Crippen molar-refractivity contribution in [3.8, 4) is 11.8 Å². The summed E-state index contributed by atoms with van der Waals surface area (Å²) in [4.78, 5) is 0. The minimum absolute atomic E-state index is 0. The van der Waals surface area contributed by atoms with Crippen LogP contribution in [0.5, 0.6) is 5.75 Å². The molecule has 0 saturated carbocycles. The monoisotopic (exact) mass is 342 g/mol. The number of rotatable bonds is 3. The molecule has 4 nitrogen and oxygen atoms in total. The Morgan fingerprint density at radius 3 is 2.50 bits per heavy atom. The highest BCUT2D eigenvalue weighted by atomic mass is 79.9. The zero-order valence-electron chi connectivity index (χ0n) is 8.90. The van der Waals surface area contributed by atoms with Gasteiger partial charge in [0.2, 0.25) is 0 Å². The standard InChI is InChI=1S/C10H9BrF2N2O2.ClH/c11-6-2-1-5(3-14)8(17)7(6)9(15)10(12,13)4-16;/h1-2,9,16-17H,4,15H2;1H/t9-;/m1./s1. The van der Waals surface area contributed by atoms with Crippen molar-refractivity contribution in [1.29, 1.82) is 5.26 Å². The van der Waals surface area contributed by atoms with E-state index in [9.17, 15) is 13.9 Å². The van der Waals surface area contributed by atoms with E-state index in [0.717, 1.165) is 0 Å². The number of hydrogen-bond donors (Lipinski definition) is 3. The van der Waals surface area contributed by atoms with E-state index in [4.69, 9.17) is 16.1 Å². The summed E-state index contributed by atoms with van der Waals surface area (Å²) in [5.74, 6) is -4.20. The molecule has 0 spiro atoms. The highest BCUT2D eigenvalue weighted by Crippen LogP contribution is 2.39. The third kappa shape index (κ3) is 3.09. The highest BCUT2D eigenvalue weighted by Gasteiger charge is 2.40. The van der Waals surface area contributed by atoms with E-state index in [1.165, 1.54) is 12.1 Å². The Morgan fingerprint density at radius 2 is 2.06 bits per heavy atom. The molecule has 100 valence electrons. The van der Waals surface area contributed by atoms with Crippen LogP contribution in [0.2, 0.25) is 0 Å². The summed E-state index contributed by atoms with van der Waals surface area (Å²) in [5, 5.41) is 26.9. The number of alkyl halides is 2. The number of nitrogens with zero attached hydrogens (tertiary/aromatic N) is 1. The summed E-state index contributed by atoms with van der Waals surface area (Å²) >= 11 is 2.97. The molecule has 1 aromatic rings. The molecule has 0 aliphatic carbocycles. The van der Waals surface area contributed by atoms with Crippen LogP contribution in [0.15, 0.2) is 16.6 Å². The molecule has 1 rings (SSSR count). The molecule has 0 amide bonds. The van der Waals surface area contributed by atoms with Crippen LogP contribution >= 0.6 is 28.3 Å². The average molecular weight is 344 g/mol. The van der Waals surface area contributed by atoms with Gasteiger partial charge in [-0.25, -0.2) is 8.78 Å².